The zero-order valence-electron chi connectivity index (χ0n) is 11.4. The fourth-order valence-electron chi connectivity index (χ4n) is 1.96. The van der Waals surface area contributed by atoms with E-state index in [9.17, 15) is 0 Å². The van der Waals surface area contributed by atoms with Crippen LogP contribution in [-0.4, -0.2) is 9.97 Å². The van der Waals surface area contributed by atoms with Crippen molar-refractivity contribution in [1.82, 2.24) is 9.97 Å². The molecular formula is C15H18BrN3. The van der Waals surface area contributed by atoms with Crippen LogP contribution in [0.15, 0.2) is 28.7 Å². The third kappa shape index (κ3) is 3.53. The molecule has 100 valence electrons. The van der Waals surface area contributed by atoms with E-state index in [1.165, 1.54) is 5.56 Å². The van der Waals surface area contributed by atoms with E-state index in [0.29, 0.717) is 17.6 Å². The van der Waals surface area contributed by atoms with Gasteiger partial charge in [-0.1, -0.05) is 35.8 Å². The van der Waals surface area contributed by atoms with E-state index in [1.807, 2.05) is 12.1 Å². The van der Waals surface area contributed by atoms with Gasteiger partial charge in [-0.2, -0.15) is 0 Å². The van der Waals surface area contributed by atoms with E-state index in [-0.39, 0.29) is 0 Å². The zero-order valence-corrected chi connectivity index (χ0v) is 13.0. The van der Waals surface area contributed by atoms with E-state index in [2.05, 4.69) is 58.8 Å². The number of nitrogens with zero attached hydrogens (tertiary/aromatic N) is 2. The van der Waals surface area contributed by atoms with Crippen molar-refractivity contribution < 1.29 is 0 Å². The van der Waals surface area contributed by atoms with Crippen LogP contribution in [0.2, 0.25) is 0 Å². The van der Waals surface area contributed by atoms with E-state index < -0.39 is 0 Å². The Morgan fingerprint density at radius 1 is 1.21 bits per heavy atom. The highest BCUT2D eigenvalue weighted by Gasteiger charge is 2.10. The second kappa shape index (κ2) is 5.70. The summed E-state index contributed by atoms with van der Waals surface area (Å²) in [7, 11) is 0. The van der Waals surface area contributed by atoms with Crippen molar-refractivity contribution in [2.24, 2.45) is 5.92 Å². The lowest BCUT2D eigenvalue weighted by Crippen LogP contribution is -2.03. The lowest BCUT2D eigenvalue weighted by atomic mass is 10.1. The third-order valence-corrected chi connectivity index (χ3v) is 3.44. The van der Waals surface area contributed by atoms with Gasteiger partial charge in [0, 0.05) is 21.8 Å². The molecule has 0 bridgehead atoms. The van der Waals surface area contributed by atoms with E-state index in [0.717, 1.165) is 22.2 Å². The Balaban J connectivity index is 2.46. The first-order valence-corrected chi connectivity index (χ1v) is 7.15. The maximum Gasteiger partial charge on any atom is 0.162 e. The summed E-state index contributed by atoms with van der Waals surface area (Å²) >= 11 is 3.56. The molecule has 19 heavy (non-hydrogen) atoms. The molecule has 0 radical (unpaired) electrons. The Labute approximate surface area is 122 Å². The summed E-state index contributed by atoms with van der Waals surface area (Å²) in [6.07, 6.45) is 0.906. The molecule has 2 rings (SSSR count). The van der Waals surface area contributed by atoms with Crippen LogP contribution >= 0.6 is 15.9 Å². The molecule has 2 N–H and O–H groups in total. The number of aryl methyl sites for hydroxylation is 1. The summed E-state index contributed by atoms with van der Waals surface area (Å²) in [5, 5.41) is 0. The van der Waals surface area contributed by atoms with Crippen LogP contribution in [0.25, 0.3) is 11.4 Å². The molecule has 1 aromatic heterocycles. The number of nitrogens with two attached hydrogens (primary N) is 1. The fourth-order valence-corrected chi connectivity index (χ4v) is 2.63. The molecule has 4 heteroatoms. The van der Waals surface area contributed by atoms with Gasteiger partial charge in [-0.05, 0) is 37.0 Å². The number of aromatic nitrogens is 2. The number of hydrogen-bond acceptors (Lipinski definition) is 3. The van der Waals surface area contributed by atoms with Gasteiger partial charge in [-0.3, -0.25) is 0 Å². The summed E-state index contributed by atoms with van der Waals surface area (Å²) in [5.41, 5.74) is 9.05. The summed E-state index contributed by atoms with van der Waals surface area (Å²) in [4.78, 5) is 8.95. The molecule has 0 amide bonds. The number of halogens is 1. The van der Waals surface area contributed by atoms with Crippen LogP contribution < -0.4 is 5.73 Å². The number of rotatable bonds is 3. The predicted molar refractivity (Wildman–Crippen MR) is 82.9 cm³/mol. The van der Waals surface area contributed by atoms with Crippen molar-refractivity contribution >= 4 is 21.7 Å². The summed E-state index contributed by atoms with van der Waals surface area (Å²) in [6.45, 7) is 6.39. The fraction of sp³-hybridized carbons (Fsp3) is 0.333. The molecule has 0 aliphatic rings. The van der Waals surface area contributed by atoms with Gasteiger partial charge in [-0.25, -0.2) is 9.97 Å². The first kappa shape index (κ1) is 14.0. The molecule has 2 aromatic rings. The maximum absolute atomic E-state index is 5.89. The highest BCUT2D eigenvalue weighted by molar-refractivity contribution is 9.10. The van der Waals surface area contributed by atoms with Crippen molar-refractivity contribution in [3.05, 3.63) is 40.0 Å². The van der Waals surface area contributed by atoms with Gasteiger partial charge in [0.25, 0.3) is 0 Å². The van der Waals surface area contributed by atoms with Crippen LogP contribution in [0.1, 0.15) is 25.1 Å². The topological polar surface area (TPSA) is 51.8 Å². The van der Waals surface area contributed by atoms with Gasteiger partial charge in [0.2, 0.25) is 0 Å². The highest BCUT2D eigenvalue weighted by atomic mass is 79.9. The van der Waals surface area contributed by atoms with Gasteiger partial charge < -0.3 is 5.73 Å². The molecule has 0 fully saturated rings. The lowest BCUT2D eigenvalue weighted by molar-refractivity contribution is 0.635. The zero-order chi connectivity index (χ0) is 14.0. The smallest absolute Gasteiger partial charge is 0.162 e. The van der Waals surface area contributed by atoms with Crippen molar-refractivity contribution in [1.29, 1.82) is 0 Å². The molecule has 0 saturated heterocycles. The summed E-state index contributed by atoms with van der Waals surface area (Å²) < 4.78 is 0.994. The van der Waals surface area contributed by atoms with E-state index in [1.54, 1.807) is 0 Å². The number of benzene rings is 1. The minimum absolute atomic E-state index is 0.521. The van der Waals surface area contributed by atoms with Gasteiger partial charge in [-0.15, -0.1) is 0 Å². The Kier molecular flexibility index (Phi) is 4.20. The van der Waals surface area contributed by atoms with Crippen LogP contribution in [0, 0.1) is 12.8 Å². The van der Waals surface area contributed by atoms with Gasteiger partial charge in [0.15, 0.2) is 5.82 Å². The van der Waals surface area contributed by atoms with Gasteiger partial charge in [0.05, 0.1) is 0 Å². The molecule has 0 atom stereocenters. The summed E-state index contributed by atoms with van der Waals surface area (Å²) in [5.74, 6) is 1.75. The second-order valence-electron chi connectivity index (χ2n) is 5.19. The predicted octanol–water partition coefficient (Wildman–Crippen LogP) is 4.00. The third-order valence-electron chi connectivity index (χ3n) is 2.78. The van der Waals surface area contributed by atoms with Crippen molar-refractivity contribution in [3.63, 3.8) is 0 Å². The molecule has 1 heterocycles. The normalized spacial score (nSPS) is 11.0. The lowest BCUT2D eigenvalue weighted by Gasteiger charge is -2.09. The van der Waals surface area contributed by atoms with Crippen LogP contribution in [0.4, 0.5) is 5.82 Å². The molecule has 0 aliphatic heterocycles. The molecule has 3 nitrogen and oxygen atoms in total. The highest BCUT2D eigenvalue weighted by Crippen LogP contribution is 2.27. The monoisotopic (exact) mass is 319 g/mol. The van der Waals surface area contributed by atoms with Crippen LogP contribution in [0.5, 0.6) is 0 Å². The van der Waals surface area contributed by atoms with Crippen molar-refractivity contribution in [2.75, 3.05) is 5.73 Å². The average Bonchev–Trinajstić information content (AvgIpc) is 2.26. The molecule has 0 spiro atoms. The van der Waals surface area contributed by atoms with Gasteiger partial charge in [0.1, 0.15) is 5.82 Å². The Morgan fingerprint density at radius 2 is 1.95 bits per heavy atom. The van der Waals surface area contributed by atoms with E-state index >= 15 is 0 Å². The number of anilines is 1. The quantitative estimate of drug-likeness (QED) is 0.930. The van der Waals surface area contributed by atoms with Crippen molar-refractivity contribution in [3.8, 4) is 11.4 Å². The standard InChI is InChI=1S/C15H18BrN3/c1-9(2)6-11-8-14(17)19-15(18-11)12-5-4-10(3)7-13(12)16/h4-5,7-9H,6H2,1-3H3,(H2,17,18,19). The number of nitrogen functional groups attached to an aromatic ring is 1. The second-order valence-corrected chi connectivity index (χ2v) is 6.04. The summed E-state index contributed by atoms with van der Waals surface area (Å²) in [6, 6.07) is 7.98. The minimum Gasteiger partial charge on any atom is -0.384 e. The molecule has 0 unspecified atom stereocenters. The first-order valence-electron chi connectivity index (χ1n) is 6.35. The first-order chi connectivity index (χ1) is 8.95. The average molecular weight is 320 g/mol. The Bertz CT molecular complexity index is 594. The molecule has 1 aromatic carbocycles. The number of hydrogen-bond donors (Lipinski definition) is 1. The Hall–Kier alpha value is -1.42. The van der Waals surface area contributed by atoms with Crippen molar-refractivity contribution in [2.45, 2.75) is 27.2 Å². The largest absolute Gasteiger partial charge is 0.384 e. The Morgan fingerprint density at radius 3 is 2.58 bits per heavy atom. The van der Waals surface area contributed by atoms with Crippen LogP contribution in [-0.2, 0) is 6.42 Å². The molecule has 0 aliphatic carbocycles. The van der Waals surface area contributed by atoms with Gasteiger partial charge >= 0.3 is 0 Å². The molecule has 0 saturated carbocycles. The van der Waals surface area contributed by atoms with E-state index in [4.69, 9.17) is 5.73 Å². The SMILES string of the molecule is Cc1ccc(-c2nc(N)cc(CC(C)C)n2)c(Br)c1. The maximum atomic E-state index is 5.89. The molecular weight excluding hydrogens is 302 g/mol. The van der Waals surface area contributed by atoms with Crippen LogP contribution in [0.3, 0.4) is 0 Å². The minimum atomic E-state index is 0.521.